The van der Waals surface area contributed by atoms with E-state index < -0.39 is 10.0 Å². The smallest absolute Gasteiger partial charge is 0.240 e. The highest BCUT2D eigenvalue weighted by atomic mass is 32.2. The Bertz CT molecular complexity index is 911. The lowest BCUT2D eigenvalue weighted by molar-refractivity contribution is -0.117. The quantitative estimate of drug-likeness (QED) is 0.813. The molecule has 1 aliphatic rings. The molecule has 1 fully saturated rings. The molecule has 1 saturated carbocycles. The third kappa shape index (κ3) is 4.11. The van der Waals surface area contributed by atoms with Gasteiger partial charge in [0.05, 0.1) is 4.90 Å². The van der Waals surface area contributed by atoms with Crippen LogP contribution in [0, 0.1) is 11.7 Å². The molecule has 26 heavy (non-hydrogen) atoms. The molecular weight excluding hydrogens is 355 g/mol. The molecule has 0 heterocycles. The van der Waals surface area contributed by atoms with Gasteiger partial charge in [0.2, 0.25) is 15.9 Å². The largest absolute Gasteiger partial charge is 0.326 e. The highest BCUT2D eigenvalue weighted by Crippen LogP contribution is 2.48. The van der Waals surface area contributed by atoms with E-state index in [-0.39, 0.29) is 34.5 Å². The Morgan fingerprint density at radius 2 is 1.77 bits per heavy atom. The lowest BCUT2D eigenvalue weighted by Gasteiger charge is -2.10. The molecule has 138 valence electrons. The monoisotopic (exact) mass is 376 g/mol. The first-order valence-corrected chi connectivity index (χ1v) is 9.94. The van der Waals surface area contributed by atoms with E-state index in [0.29, 0.717) is 17.7 Å². The van der Waals surface area contributed by atoms with Gasteiger partial charge in [-0.2, -0.15) is 0 Å². The van der Waals surface area contributed by atoms with Crippen LogP contribution in [0.1, 0.15) is 31.7 Å². The van der Waals surface area contributed by atoms with Crippen LogP contribution in [0.2, 0.25) is 0 Å². The molecule has 2 unspecified atom stereocenters. The van der Waals surface area contributed by atoms with Crippen LogP contribution >= 0.6 is 0 Å². The maximum Gasteiger partial charge on any atom is 0.240 e. The molecule has 2 aromatic rings. The van der Waals surface area contributed by atoms with Gasteiger partial charge in [0.15, 0.2) is 0 Å². The second kappa shape index (κ2) is 7.17. The van der Waals surface area contributed by atoms with E-state index in [1.165, 1.54) is 18.2 Å². The fourth-order valence-corrected chi connectivity index (χ4v) is 4.19. The first-order valence-electron chi connectivity index (χ1n) is 8.45. The number of anilines is 1. The number of hydrogen-bond donors (Lipinski definition) is 2. The van der Waals surface area contributed by atoms with Crippen LogP contribution in [0.4, 0.5) is 10.1 Å². The van der Waals surface area contributed by atoms with Gasteiger partial charge in [-0.15, -0.1) is 0 Å². The molecule has 0 spiro atoms. The first kappa shape index (κ1) is 18.5. The summed E-state index contributed by atoms with van der Waals surface area (Å²) in [6.45, 7) is 3.49. The Morgan fingerprint density at radius 3 is 2.38 bits per heavy atom. The van der Waals surface area contributed by atoms with Crippen molar-refractivity contribution in [2.24, 2.45) is 5.92 Å². The van der Waals surface area contributed by atoms with Crippen molar-refractivity contribution in [3.05, 3.63) is 59.9 Å². The zero-order valence-electron chi connectivity index (χ0n) is 14.6. The van der Waals surface area contributed by atoms with Crippen LogP contribution in [-0.2, 0) is 14.8 Å². The Labute approximate surface area is 152 Å². The van der Waals surface area contributed by atoms with E-state index in [9.17, 15) is 17.6 Å². The van der Waals surface area contributed by atoms with Crippen LogP contribution in [0.15, 0.2) is 53.4 Å². The molecule has 2 N–H and O–H groups in total. The van der Waals surface area contributed by atoms with Crippen molar-refractivity contribution in [3.63, 3.8) is 0 Å². The van der Waals surface area contributed by atoms with Crippen molar-refractivity contribution in [1.82, 2.24) is 4.72 Å². The van der Waals surface area contributed by atoms with Crippen molar-refractivity contribution in [3.8, 4) is 0 Å². The lowest BCUT2D eigenvalue weighted by Crippen LogP contribution is -2.30. The summed E-state index contributed by atoms with van der Waals surface area (Å²) in [6.07, 6.45) is 0.609. The normalized spacial score (nSPS) is 19.4. The zero-order chi connectivity index (χ0) is 18.9. The molecule has 5 nitrogen and oxygen atoms in total. The number of halogens is 1. The number of rotatable bonds is 6. The average Bonchev–Trinajstić information content (AvgIpc) is 3.35. The van der Waals surface area contributed by atoms with Crippen LogP contribution in [0.25, 0.3) is 0 Å². The van der Waals surface area contributed by atoms with Gasteiger partial charge >= 0.3 is 0 Å². The highest BCUT2D eigenvalue weighted by Gasteiger charge is 2.45. The SMILES string of the molecule is CC(C)NS(=O)(=O)c1ccc(NC(=O)C2CC2c2ccccc2F)cc1. The van der Waals surface area contributed by atoms with Crippen LogP contribution in [0.5, 0.6) is 0 Å². The average molecular weight is 376 g/mol. The molecule has 0 saturated heterocycles. The molecule has 1 amide bonds. The Balaban J connectivity index is 1.64. The number of nitrogens with one attached hydrogen (secondary N) is 2. The van der Waals surface area contributed by atoms with E-state index in [1.54, 1.807) is 44.2 Å². The standard InChI is InChI=1S/C19H21FN2O3S/c1-12(2)22-26(24,25)14-9-7-13(8-10-14)21-19(23)17-11-16(17)15-5-3-4-6-18(15)20/h3-10,12,16-17,22H,11H2,1-2H3,(H,21,23). The Hall–Kier alpha value is -2.25. The molecule has 7 heteroatoms. The van der Waals surface area contributed by atoms with E-state index in [1.807, 2.05) is 0 Å². The van der Waals surface area contributed by atoms with Gasteiger partial charge in [-0.25, -0.2) is 17.5 Å². The summed E-state index contributed by atoms with van der Waals surface area (Å²) in [6, 6.07) is 12.3. The van der Waals surface area contributed by atoms with Crippen LogP contribution in [-0.4, -0.2) is 20.4 Å². The van der Waals surface area contributed by atoms with Gasteiger partial charge in [0.25, 0.3) is 0 Å². The molecule has 0 aliphatic heterocycles. The van der Waals surface area contributed by atoms with Crippen molar-refractivity contribution >= 4 is 21.6 Å². The number of carbonyl (C=O) groups is 1. The fraction of sp³-hybridized carbons (Fsp3) is 0.316. The van der Waals surface area contributed by atoms with E-state index >= 15 is 0 Å². The summed E-state index contributed by atoms with van der Waals surface area (Å²) in [5.41, 5.74) is 1.08. The van der Waals surface area contributed by atoms with Crippen LogP contribution < -0.4 is 10.0 Å². The predicted molar refractivity (Wildman–Crippen MR) is 97.8 cm³/mol. The van der Waals surface area contributed by atoms with Crippen molar-refractivity contribution in [2.75, 3.05) is 5.32 Å². The maximum absolute atomic E-state index is 13.8. The van der Waals surface area contributed by atoms with Gasteiger partial charge in [0.1, 0.15) is 5.82 Å². The second-order valence-corrected chi connectivity index (χ2v) is 8.47. The fourth-order valence-electron chi connectivity index (χ4n) is 2.94. The van der Waals surface area contributed by atoms with E-state index in [4.69, 9.17) is 0 Å². The number of amides is 1. The van der Waals surface area contributed by atoms with E-state index in [0.717, 1.165) is 0 Å². The molecule has 3 rings (SSSR count). The maximum atomic E-state index is 13.8. The van der Waals surface area contributed by atoms with Crippen molar-refractivity contribution in [2.45, 2.75) is 37.1 Å². The molecule has 0 bridgehead atoms. The summed E-state index contributed by atoms with van der Waals surface area (Å²) in [5, 5.41) is 2.77. The molecule has 0 radical (unpaired) electrons. The molecule has 2 atom stereocenters. The number of hydrogen-bond acceptors (Lipinski definition) is 3. The van der Waals surface area contributed by atoms with Crippen molar-refractivity contribution in [1.29, 1.82) is 0 Å². The summed E-state index contributed by atoms with van der Waals surface area (Å²) < 4.78 is 40.5. The van der Waals surface area contributed by atoms with Gasteiger partial charge in [-0.05, 0) is 62.1 Å². The van der Waals surface area contributed by atoms with Gasteiger partial charge in [-0.1, -0.05) is 18.2 Å². The summed E-state index contributed by atoms with van der Waals surface area (Å²) >= 11 is 0. The topological polar surface area (TPSA) is 75.3 Å². The minimum absolute atomic E-state index is 0.105. The third-order valence-electron chi connectivity index (χ3n) is 4.25. The molecule has 0 aromatic heterocycles. The third-order valence-corrected chi connectivity index (χ3v) is 5.93. The predicted octanol–water partition coefficient (Wildman–Crippen LogP) is 3.25. The summed E-state index contributed by atoms with van der Waals surface area (Å²) in [4.78, 5) is 12.5. The van der Waals surface area contributed by atoms with Gasteiger partial charge in [-0.3, -0.25) is 4.79 Å². The Kier molecular flexibility index (Phi) is 5.11. The molecule has 1 aliphatic carbocycles. The van der Waals surface area contributed by atoms with Crippen molar-refractivity contribution < 1.29 is 17.6 Å². The van der Waals surface area contributed by atoms with Crippen LogP contribution in [0.3, 0.4) is 0 Å². The van der Waals surface area contributed by atoms with Gasteiger partial charge in [0, 0.05) is 17.6 Å². The molecular formula is C19H21FN2O3S. The summed E-state index contributed by atoms with van der Waals surface area (Å²) in [5.74, 6) is -0.849. The molecule has 2 aromatic carbocycles. The second-order valence-electron chi connectivity index (χ2n) is 6.76. The summed E-state index contributed by atoms with van der Waals surface area (Å²) in [7, 11) is -3.56. The number of carbonyl (C=O) groups excluding carboxylic acids is 1. The minimum Gasteiger partial charge on any atom is -0.326 e. The van der Waals surface area contributed by atoms with Gasteiger partial charge < -0.3 is 5.32 Å². The minimum atomic E-state index is -3.56. The number of benzene rings is 2. The Morgan fingerprint density at radius 1 is 1.12 bits per heavy atom. The lowest BCUT2D eigenvalue weighted by atomic mass is 10.1. The first-order chi connectivity index (χ1) is 12.3. The highest BCUT2D eigenvalue weighted by molar-refractivity contribution is 7.89. The van der Waals surface area contributed by atoms with E-state index in [2.05, 4.69) is 10.0 Å². The zero-order valence-corrected chi connectivity index (χ0v) is 15.4. The number of sulfonamides is 1.